The van der Waals surface area contributed by atoms with Gasteiger partial charge in [0, 0.05) is 18.6 Å². The van der Waals surface area contributed by atoms with Gasteiger partial charge in [0.25, 0.3) is 5.91 Å². The van der Waals surface area contributed by atoms with Crippen molar-refractivity contribution in [2.75, 3.05) is 12.8 Å². The van der Waals surface area contributed by atoms with Crippen molar-refractivity contribution in [3.05, 3.63) is 36.5 Å². The molecule has 2 saturated heterocycles. The highest BCUT2D eigenvalue weighted by atomic mass is 32.2. The van der Waals surface area contributed by atoms with Gasteiger partial charge in [-0.2, -0.15) is 0 Å². The zero-order valence-corrected chi connectivity index (χ0v) is 24.8. The van der Waals surface area contributed by atoms with Gasteiger partial charge >= 0.3 is 6.09 Å². The van der Waals surface area contributed by atoms with Crippen molar-refractivity contribution in [2.45, 2.75) is 83.5 Å². The molecular formula is C28H38N4O4S2. The van der Waals surface area contributed by atoms with Crippen molar-refractivity contribution in [1.29, 1.82) is 0 Å². The number of nitrogens with zero attached hydrogens (tertiary/aromatic N) is 3. The number of rotatable bonds is 4. The summed E-state index contributed by atoms with van der Waals surface area (Å²) in [7, 11) is 1.63. The summed E-state index contributed by atoms with van der Waals surface area (Å²) in [5, 5.41) is 4.13. The van der Waals surface area contributed by atoms with E-state index >= 15 is 0 Å². The highest BCUT2D eigenvalue weighted by Crippen LogP contribution is 2.47. The minimum Gasteiger partial charge on any atom is -0.444 e. The largest absolute Gasteiger partial charge is 0.444 e. The van der Waals surface area contributed by atoms with Gasteiger partial charge < -0.3 is 19.9 Å². The van der Waals surface area contributed by atoms with Gasteiger partial charge in [0.15, 0.2) is 0 Å². The van der Waals surface area contributed by atoms with Gasteiger partial charge in [-0.15, -0.1) is 11.8 Å². The third kappa shape index (κ3) is 5.57. The molecule has 10 heteroatoms. The highest BCUT2D eigenvalue weighted by Gasteiger charge is 2.54. The van der Waals surface area contributed by atoms with Gasteiger partial charge in [0.2, 0.25) is 5.91 Å². The molecule has 0 bridgehead atoms. The number of hydrogen-bond donors (Lipinski definition) is 1. The van der Waals surface area contributed by atoms with Crippen molar-refractivity contribution in [3.63, 3.8) is 0 Å². The number of carbonyl (C=O) groups excluding carboxylic acids is 3. The SMILES string of the molecule is C[C@@H](C(=S)N[C@H]1CCS[C@H]2CC(C)(C)[C@H](C(=O)n3ccc4ccccc43)N2C1=O)N(C)C(=O)OC(C)(C)C. The molecule has 0 saturated carbocycles. The number of thioether (sulfide) groups is 1. The second-order valence-electron chi connectivity index (χ2n) is 11.9. The Morgan fingerprint density at radius 3 is 2.61 bits per heavy atom. The van der Waals surface area contributed by atoms with Gasteiger partial charge in [-0.25, -0.2) is 4.79 Å². The van der Waals surface area contributed by atoms with Crippen LogP contribution in [-0.4, -0.2) is 79.2 Å². The van der Waals surface area contributed by atoms with Crippen molar-refractivity contribution in [3.8, 4) is 0 Å². The molecule has 206 valence electrons. The van der Waals surface area contributed by atoms with Crippen molar-refractivity contribution in [2.24, 2.45) is 5.41 Å². The molecule has 0 aliphatic carbocycles. The molecule has 2 fully saturated rings. The van der Waals surface area contributed by atoms with Crippen LogP contribution >= 0.6 is 24.0 Å². The molecular weight excluding hydrogens is 520 g/mol. The molecule has 4 atom stereocenters. The summed E-state index contributed by atoms with van der Waals surface area (Å²) in [4.78, 5) is 44.2. The molecule has 2 aliphatic heterocycles. The maximum Gasteiger partial charge on any atom is 0.410 e. The molecule has 0 spiro atoms. The lowest BCUT2D eigenvalue weighted by Gasteiger charge is -2.35. The van der Waals surface area contributed by atoms with Crippen LogP contribution in [0.1, 0.15) is 59.2 Å². The molecule has 2 aliphatic rings. The first kappa shape index (κ1) is 28.4. The Bertz CT molecular complexity index is 1250. The quantitative estimate of drug-likeness (QED) is 0.534. The fraction of sp³-hybridized carbons (Fsp3) is 0.571. The molecule has 0 unspecified atom stereocenters. The van der Waals surface area contributed by atoms with E-state index in [2.05, 4.69) is 19.2 Å². The van der Waals surface area contributed by atoms with E-state index in [1.165, 1.54) is 4.90 Å². The average molecular weight is 559 g/mol. The first-order valence-electron chi connectivity index (χ1n) is 13.0. The Kier molecular flexibility index (Phi) is 7.87. The fourth-order valence-electron chi connectivity index (χ4n) is 5.19. The number of ether oxygens (including phenoxy) is 1. The number of nitrogens with one attached hydrogen (secondary N) is 1. The van der Waals surface area contributed by atoms with Gasteiger partial charge in [-0.3, -0.25) is 14.2 Å². The first-order chi connectivity index (χ1) is 17.7. The monoisotopic (exact) mass is 558 g/mol. The van der Waals surface area contributed by atoms with Gasteiger partial charge in [0.1, 0.15) is 17.7 Å². The molecule has 8 nitrogen and oxygen atoms in total. The first-order valence-corrected chi connectivity index (χ1v) is 14.5. The van der Waals surface area contributed by atoms with E-state index in [1.54, 1.807) is 41.4 Å². The van der Waals surface area contributed by atoms with E-state index in [9.17, 15) is 14.4 Å². The third-order valence-electron chi connectivity index (χ3n) is 7.33. The van der Waals surface area contributed by atoms with Crippen molar-refractivity contribution < 1.29 is 19.1 Å². The lowest BCUT2D eigenvalue weighted by Crippen LogP contribution is -2.57. The van der Waals surface area contributed by atoms with Gasteiger partial charge in [-0.05, 0) is 63.8 Å². The number of likely N-dealkylation sites (N-methyl/N-ethyl adjacent to an activating group) is 1. The summed E-state index contributed by atoms with van der Waals surface area (Å²) < 4.78 is 7.15. The summed E-state index contributed by atoms with van der Waals surface area (Å²) >= 11 is 7.36. The zero-order chi connectivity index (χ0) is 28.0. The van der Waals surface area contributed by atoms with Crippen LogP contribution in [0.2, 0.25) is 0 Å². The molecule has 2 aromatic rings. The zero-order valence-electron chi connectivity index (χ0n) is 23.2. The number of thiocarbonyl (C=S) groups is 1. The smallest absolute Gasteiger partial charge is 0.410 e. The lowest BCUT2D eigenvalue weighted by atomic mass is 9.84. The van der Waals surface area contributed by atoms with Crippen molar-refractivity contribution >= 4 is 57.8 Å². The van der Waals surface area contributed by atoms with Crippen LogP contribution < -0.4 is 5.32 Å². The summed E-state index contributed by atoms with van der Waals surface area (Å²) in [6.45, 7) is 11.4. The van der Waals surface area contributed by atoms with Crippen molar-refractivity contribution in [1.82, 2.24) is 19.7 Å². The highest BCUT2D eigenvalue weighted by molar-refractivity contribution is 7.99. The van der Waals surface area contributed by atoms with Crippen LogP contribution in [-0.2, 0) is 9.53 Å². The molecule has 4 rings (SSSR count). The number of benzene rings is 1. The van der Waals surface area contributed by atoms with E-state index < -0.39 is 35.2 Å². The lowest BCUT2D eigenvalue weighted by molar-refractivity contribution is -0.134. The standard InChI is InChI=1S/C28H38N4O4S2/c1-17(30(7)26(35)36-27(2,3)4)23(37)29-19-13-15-38-21-16-28(5,6)22(32(21)24(19)33)25(34)31-14-12-18-10-8-9-11-20(18)31/h8-12,14,17,19,21-22H,13,15-16H2,1-7H3,(H,29,37)/t17-,19-,21-,22-/m0/s1. The number of aromatic nitrogens is 1. The van der Waals surface area contributed by atoms with Crippen LogP contribution in [0.15, 0.2) is 36.5 Å². The second-order valence-corrected chi connectivity index (χ2v) is 13.6. The minimum absolute atomic E-state index is 0.0875. The Labute approximate surface area is 234 Å². The molecule has 38 heavy (non-hydrogen) atoms. The molecule has 0 radical (unpaired) electrons. The van der Waals surface area contributed by atoms with Crippen LogP contribution in [0, 0.1) is 5.41 Å². The molecule has 1 N–H and O–H groups in total. The number of amides is 2. The maximum absolute atomic E-state index is 14.0. The van der Waals surface area contributed by atoms with E-state index in [4.69, 9.17) is 17.0 Å². The Hall–Kier alpha value is -2.59. The Morgan fingerprint density at radius 2 is 1.92 bits per heavy atom. The van der Waals surface area contributed by atoms with E-state index in [1.807, 2.05) is 51.1 Å². The van der Waals surface area contributed by atoms with E-state index in [-0.39, 0.29) is 17.2 Å². The Balaban J connectivity index is 1.55. The van der Waals surface area contributed by atoms with Crippen LogP contribution in [0.25, 0.3) is 10.9 Å². The molecule has 3 heterocycles. The molecule has 1 aromatic carbocycles. The van der Waals surface area contributed by atoms with E-state index in [0.29, 0.717) is 11.4 Å². The number of para-hydroxylation sites is 1. The third-order valence-corrected chi connectivity index (χ3v) is 9.04. The second kappa shape index (κ2) is 10.5. The van der Waals surface area contributed by atoms with E-state index in [0.717, 1.165) is 23.1 Å². The number of fused-ring (bicyclic) bond motifs is 2. The predicted molar refractivity (Wildman–Crippen MR) is 155 cm³/mol. The maximum atomic E-state index is 14.0. The number of carbonyl (C=O) groups is 3. The number of hydrogen-bond acceptors (Lipinski definition) is 6. The summed E-state index contributed by atoms with van der Waals surface area (Å²) in [6.07, 6.45) is 2.62. The summed E-state index contributed by atoms with van der Waals surface area (Å²) in [5.41, 5.74) is -0.192. The molecule has 2 amide bonds. The fourth-order valence-corrected chi connectivity index (χ4v) is 7.07. The normalized spacial score (nSPS) is 23.9. The van der Waals surface area contributed by atoms with Crippen LogP contribution in [0.3, 0.4) is 0 Å². The summed E-state index contributed by atoms with van der Waals surface area (Å²) in [6, 6.07) is 8.03. The molecule has 1 aromatic heterocycles. The topological polar surface area (TPSA) is 83.9 Å². The van der Waals surface area contributed by atoms with Gasteiger partial charge in [-0.1, -0.05) is 44.3 Å². The average Bonchev–Trinajstić information content (AvgIpc) is 3.34. The summed E-state index contributed by atoms with van der Waals surface area (Å²) in [5.74, 6) is 0.524. The minimum atomic E-state index is -0.626. The van der Waals surface area contributed by atoms with Crippen LogP contribution in [0.4, 0.5) is 4.79 Å². The van der Waals surface area contributed by atoms with Crippen LogP contribution in [0.5, 0.6) is 0 Å². The Morgan fingerprint density at radius 1 is 1.24 bits per heavy atom. The van der Waals surface area contributed by atoms with Gasteiger partial charge in [0.05, 0.1) is 21.9 Å². The predicted octanol–water partition coefficient (Wildman–Crippen LogP) is 4.91.